The quantitative estimate of drug-likeness (QED) is 0.400. The second-order valence-electron chi connectivity index (χ2n) is 2.12. The van der Waals surface area contributed by atoms with Gasteiger partial charge >= 0.3 is 0 Å². The second kappa shape index (κ2) is 3.05. The number of furan rings is 1. The Morgan fingerprint density at radius 3 is 2.91 bits per heavy atom. The summed E-state index contributed by atoms with van der Waals surface area (Å²) in [7, 11) is 0. The fourth-order valence-corrected chi connectivity index (χ4v) is 0.661. The first-order valence-corrected chi connectivity index (χ1v) is 3.15. The maximum atomic E-state index is 11.1. The minimum Gasteiger partial charge on any atom is -0.515 e. The van der Waals surface area contributed by atoms with Gasteiger partial charge in [0.05, 0.1) is 12.5 Å². The van der Waals surface area contributed by atoms with E-state index in [1.807, 2.05) is 0 Å². The van der Waals surface area contributed by atoms with Crippen molar-refractivity contribution in [1.29, 1.82) is 0 Å². The molecule has 0 fully saturated rings. The van der Waals surface area contributed by atoms with E-state index in [-0.39, 0.29) is 17.1 Å². The average Bonchev–Trinajstić information content (AvgIpc) is 2.53. The zero-order valence-electron chi connectivity index (χ0n) is 6.07. The third kappa shape index (κ3) is 1.49. The van der Waals surface area contributed by atoms with E-state index in [1.165, 1.54) is 13.2 Å². The Morgan fingerprint density at radius 2 is 2.45 bits per heavy atom. The van der Waals surface area contributed by atoms with Gasteiger partial charge in [0.15, 0.2) is 5.76 Å². The van der Waals surface area contributed by atoms with Crippen LogP contribution < -0.4 is 0 Å². The zero-order chi connectivity index (χ0) is 8.27. The number of aliphatic hydroxyl groups excluding tert-OH is 1. The highest BCUT2D eigenvalue weighted by Crippen LogP contribution is 2.07. The number of rotatable bonds is 2. The van der Waals surface area contributed by atoms with Crippen LogP contribution in [0.15, 0.2) is 34.6 Å². The number of hydrogen-bond acceptors (Lipinski definition) is 3. The summed E-state index contributed by atoms with van der Waals surface area (Å²) in [6.07, 6.45) is 2.18. The Labute approximate surface area is 64.0 Å². The minimum atomic E-state index is -0.294. The van der Waals surface area contributed by atoms with Crippen LogP contribution in [0.4, 0.5) is 0 Å². The van der Waals surface area contributed by atoms with E-state index in [4.69, 9.17) is 9.52 Å². The molecule has 1 rings (SSSR count). The number of carbonyl (C=O) groups is 1. The van der Waals surface area contributed by atoms with Gasteiger partial charge in [-0.2, -0.15) is 0 Å². The SMILES string of the molecule is CC(=CO)C(=O)c1ccco1. The standard InChI is InChI=1S/C8H8O3/c1-6(5-9)8(10)7-3-2-4-11-7/h2-5,9H,1H3. The zero-order valence-corrected chi connectivity index (χ0v) is 6.07. The number of ketones is 1. The van der Waals surface area contributed by atoms with Gasteiger partial charge in [0, 0.05) is 5.57 Å². The summed E-state index contributed by atoms with van der Waals surface area (Å²) >= 11 is 0. The van der Waals surface area contributed by atoms with Crippen LogP contribution in [-0.2, 0) is 0 Å². The predicted molar refractivity (Wildman–Crippen MR) is 39.4 cm³/mol. The third-order valence-electron chi connectivity index (χ3n) is 1.30. The second-order valence-corrected chi connectivity index (χ2v) is 2.12. The van der Waals surface area contributed by atoms with Crippen LogP contribution in [0.2, 0.25) is 0 Å². The molecule has 1 aromatic heterocycles. The number of aliphatic hydroxyl groups is 1. The van der Waals surface area contributed by atoms with E-state index in [1.54, 1.807) is 12.1 Å². The van der Waals surface area contributed by atoms with Crippen molar-refractivity contribution in [1.82, 2.24) is 0 Å². The van der Waals surface area contributed by atoms with E-state index >= 15 is 0 Å². The lowest BCUT2D eigenvalue weighted by atomic mass is 10.2. The van der Waals surface area contributed by atoms with E-state index in [0.29, 0.717) is 0 Å². The van der Waals surface area contributed by atoms with Crippen molar-refractivity contribution in [3.8, 4) is 0 Å². The summed E-state index contributed by atoms with van der Waals surface area (Å²) in [5, 5.41) is 8.48. The molecule has 0 aliphatic rings. The molecule has 1 N–H and O–H groups in total. The van der Waals surface area contributed by atoms with E-state index < -0.39 is 0 Å². The summed E-state index contributed by atoms with van der Waals surface area (Å²) in [5.41, 5.74) is 0.264. The molecular weight excluding hydrogens is 144 g/mol. The number of hydrogen-bond donors (Lipinski definition) is 1. The van der Waals surface area contributed by atoms with Gasteiger partial charge < -0.3 is 9.52 Å². The lowest BCUT2D eigenvalue weighted by Crippen LogP contribution is -1.97. The van der Waals surface area contributed by atoms with Crippen molar-refractivity contribution in [3.05, 3.63) is 36.0 Å². The van der Waals surface area contributed by atoms with Crippen LogP contribution in [0, 0.1) is 0 Å². The molecule has 0 aliphatic heterocycles. The maximum absolute atomic E-state index is 11.1. The largest absolute Gasteiger partial charge is 0.515 e. The van der Waals surface area contributed by atoms with Gasteiger partial charge in [-0.15, -0.1) is 0 Å². The summed E-state index contributed by atoms with van der Waals surface area (Å²) in [6, 6.07) is 3.17. The van der Waals surface area contributed by atoms with Gasteiger partial charge in [-0.1, -0.05) is 0 Å². The molecule has 0 bridgehead atoms. The first-order chi connectivity index (χ1) is 5.25. The van der Waals surface area contributed by atoms with E-state index in [2.05, 4.69) is 0 Å². The molecule has 3 nitrogen and oxygen atoms in total. The maximum Gasteiger partial charge on any atom is 0.226 e. The van der Waals surface area contributed by atoms with Gasteiger partial charge in [-0.3, -0.25) is 4.79 Å². The van der Waals surface area contributed by atoms with Gasteiger partial charge in [-0.25, -0.2) is 0 Å². The van der Waals surface area contributed by atoms with Crippen LogP contribution in [0.5, 0.6) is 0 Å². The first kappa shape index (κ1) is 7.60. The Bertz CT molecular complexity index is 270. The third-order valence-corrected chi connectivity index (χ3v) is 1.30. The lowest BCUT2D eigenvalue weighted by Gasteiger charge is -1.92. The van der Waals surface area contributed by atoms with Crippen molar-refractivity contribution in [2.45, 2.75) is 6.92 Å². The van der Waals surface area contributed by atoms with Crippen molar-refractivity contribution >= 4 is 5.78 Å². The normalized spacial score (nSPS) is 11.5. The minimum absolute atomic E-state index is 0.243. The highest BCUT2D eigenvalue weighted by molar-refractivity contribution is 6.06. The first-order valence-electron chi connectivity index (χ1n) is 3.15. The molecule has 0 spiro atoms. The fourth-order valence-electron chi connectivity index (χ4n) is 0.661. The van der Waals surface area contributed by atoms with E-state index in [0.717, 1.165) is 6.26 Å². The lowest BCUT2D eigenvalue weighted by molar-refractivity contribution is 0.100. The van der Waals surface area contributed by atoms with Crippen LogP contribution in [0.1, 0.15) is 17.5 Å². The van der Waals surface area contributed by atoms with Gasteiger partial charge in [0.2, 0.25) is 5.78 Å². The smallest absolute Gasteiger partial charge is 0.226 e. The van der Waals surface area contributed by atoms with Crippen molar-refractivity contribution < 1.29 is 14.3 Å². The van der Waals surface area contributed by atoms with Crippen LogP contribution in [-0.4, -0.2) is 10.9 Å². The van der Waals surface area contributed by atoms with Crippen molar-refractivity contribution in [2.75, 3.05) is 0 Å². The molecule has 0 saturated heterocycles. The van der Waals surface area contributed by atoms with Gasteiger partial charge in [0.25, 0.3) is 0 Å². The topological polar surface area (TPSA) is 50.4 Å². The predicted octanol–water partition coefficient (Wildman–Crippen LogP) is 1.92. The molecule has 0 aromatic carbocycles. The Balaban J connectivity index is 2.87. The van der Waals surface area contributed by atoms with E-state index in [9.17, 15) is 4.79 Å². The molecule has 11 heavy (non-hydrogen) atoms. The number of allylic oxidation sites excluding steroid dienone is 1. The van der Waals surface area contributed by atoms with Crippen molar-refractivity contribution in [2.24, 2.45) is 0 Å². The molecule has 0 unspecified atom stereocenters. The summed E-state index contributed by atoms with van der Waals surface area (Å²) in [4.78, 5) is 11.1. The monoisotopic (exact) mass is 152 g/mol. The molecule has 0 amide bonds. The summed E-state index contributed by atoms with van der Waals surface area (Å²) < 4.78 is 4.82. The molecular formula is C8H8O3. The van der Waals surface area contributed by atoms with Crippen LogP contribution in [0.25, 0.3) is 0 Å². The Kier molecular flexibility index (Phi) is 2.11. The highest BCUT2D eigenvalue weighted by Gasteiger charge is 2.09. The number of carbonyl (C=O) groups excluding carboxylic acids is 1. The van der Waals surface area contributed by atoms with Gasteiger partial charge in [0.1, 0.15) is 0 Å². The van der Waals surface area contributed by atoms with Gasteiger partial charge in [-0.05, 0) is 19.1 Å². The molecule has 0 aliphatic carbocycles. The molecule has 1 heterocycles. The Morgan fingerprint density at radius 1 is 1.73 bits per heavy atom. The summed E-state index contributed by atoms with van der Waals surface area (Å²) in [5.74, 6) is -0.0506. The van der Waals surface area contributed by atoms with Crippen LogP contribution >= 0.6 is 0 Å². The fraction of sp³-hybridized carbons (Fsp3) is 0.125. The molecule has 58 valence electrons. The summed E-state index contributed by atoms with van der Waals surface area (Å²) in [6.45, 7) is 1.52. The Hall–Kier alpha value is -1.51. The van der Waals surface area contributed by atoms with Crippen LogP contribution in [0.3, 0.4) is 0 Å². The molecule has 0 atom stereocenters. The highest BCUT2D eigenvalue weighted by atomic mass is 16.3. The molecule has 3 heteroatoms. The number of Topliss-reactive ketones (excluding diaryl/α,β-unsaturated/α-hetero) is 1. The molecule has 1 aromatic rings. The van der Waals surface area contributed by atoms with Crippen molar-refractivity contribution in [3.63, 3.8) is 0 Å². The average molecular weight is 152 g/mol. The molecule has 0 saturated carbocycles. The molecule has 0 radical (unpaired) electrons.